The van der Waals surface area contributed by atoms with Crippen LogP contribution in [-0.2, 0) is 0 Å². The molecule has 94 valence electrons. The van der Waals surface area contributed by atoms with E-state index in [9.17, 15) is 17.6 Å². The largest absolute Gasteiger partial charge is 0.422 e. The molecule has 1 nitrogen and oxygen atoms in total. The molecule has 0 rings (SSSR count). The van der Waals surface area contributed by atoms with E-state index in [1.807, 2.05) is 6.26 Å². The first-order valence-electron chi connectivity index (χ1n) is 4.60. The van der Waals surface area contributed by atoms with Gasteiger partial charge in [0.1, 0.15) is 0 Å². The molecule has 0 aliphatic rings. The molecular formula is C10H15F4NS. The Hall–Kier alpha value is -0.650. The number of alkyl halides is 4. The zero-order valence-corrected chi connectivity index (χ0v) is 9.96. The molecule has 0 aromatic rings. The van der Waals surface area contributed by atoms with E-state index in [-0.39, 0.29) is 12.1 Å². The summed E-state index contributed by atoms with van der Waals surface area (Å²) >= 11 is 1.44. The monoisotopic (exact) mass is 257 g/mol. The van der Waals surface area contributed by atoms with Gasteiger partial charge >= 0.3 is 6.18 Å². The maximum atomic E-state index is 13.1. The van der Waals surface area contributed by atoms with Crippen LogP contribution in [0, 0.1) is 0 Å². The summed E-state index contributed by atoms with van der Waals surface area (Å²) in [6, 6.07) is 0. The number of allylic oxidation sites excluding steroid dienone is 3. The number of nitrogens with two attached hydrogens (primary N) is 1. The van der Waals surface area contributed by atoms with E-state index in [1.165, 1.54) is 17.8 Å². The van der Waals surface area contributed by atoms with Gasteiger partial charge in [-0.3, -0.25) is 0 Å². The summed E-state index contributed by atoms with van der Waals surface area (Å²) in [5.41, 5.74) is 2.48. The molecule has 0 bridgehead atoms. The first-order chi connectivity index (χ1) is 7.20. The van der Waals surface area contributed by atoms with Crippen molar-refractivity contribution in [3.8, 4) is 0 Å². The molecule has 0 amide bonds. The molecular weight excluding hydrogens is 242 g/mol. The van der Waals surface area contributed by atoms with Crippen LogP contribution in [0.5, 0.6) is 0 Å². The van der Waals surface area contributed by atoms with Gasteiger partial charge in [-0.25, -0.2) is 4.39 Å². The molecule has 2 N–H and O–H groups in total. The van der Waals surface area contributed by atoms with E-state index in [0.717, 1.165) is 0 Å². The normalized spacial score (nSPS) is 17.8. The predicted octanol–water partition coefficient (Wildman–Crippen LogP) is 3.78. The average molecular weight is 257 g/mol. The molecule has 6 heteroatoms. The molecule has 0 aromatic heterocycles. The van der Waals surface area contributed by atoms with Gasteiger partial charge in [-0.2, -0.15) is 13.2 Å². The smallest absolute Gasteiger partial charge is 0.402 e. The highest BCUT2D eigenvalue weighted by atomic mass is 32.2. The maximum absolute atomic E-state index is 13.1. The van der Waals surface area contributed by atoms with Gasteiger partial charge in [0.15, 0.2) is 0 Å². The molecule has 0 spiro atoms. The average Bonchev–Trinajstić information content (AvgIpc) is 2.13. The molecule has 1 atom stereocenters. The molecule has 0 radical (unpaired) electrons. The summed E-state index contributed by atoms with van der Waals surface area (Å²) in [6.07, 6.45) is -0.700. The highest BCUT2D eigenvalue weighted by Crippen LogP contribution is 2.37. The Morgan fingerprint density at radius 2 is 1.88 bits per heavy atom. The van der Waals surface area contributed by atoms with Crippen LogP contribution in [0.15, 0.2) is 23.3 Å². The predicted molar refractivity (Wildman–Crippen MR) is 59.7 cm³/mol. The van der Waals surface area contributed by atoms with Crippen molar-refractivity contribution in [3.05, 3.63) is 23.3 Å². The fraction of sp³-hybridized carbons (Fsp3) is 0.600. The van der Waals surface area contributed by atoms with Crippen LogP contribution >= 0.6 is 11.8 Å². The van der Waals surface area contributed by atoms with E-state index < -0.39 is 18.3 Å². The van der Waals surface area contributed by atoms with E-state index in [1.54, 1.807) is 11.5 Å². The van der Waals surface area contributed by atoms with Gasteiger partial charge in [0.25, 0.3) is 0 Å². The first-order valence-corrected chi connectivity index (χ1v) is 5.89. The summed E-state index contributed by atoms with van der Waals surface area (Å²) in [5, 5.41) is 1.73. The second-order valence-corrected chi connectivity index (χ2v) is 4.24. The number of rotatable bonds is 5. The summed E-state index contributed by atoms with van der Waals surface area (Å²) in [5.74, 6) is 0. The minimum absolute atomic E-state index is 0.120. The number of hydrogen-bond donors (Lipinski definition) is 1. The first kappa shape index (κ1) is 15.3. The van der Waals surface area contributed by atoms with Crippen molar-refractivity contribution in [1.82, 2.24) is 0 Å². The van der Waals surface area contributed by atoms with Crippen LogP contribution in [0.3, 0.4) is 0 Å². The molecule has 1 unspecified atom stereocenters. The van der Waals surface area contributed by atoms with Crippen LogP contribution in [0.4, 0.5) is 17.6 Å². The Bertz CT molecular complexity index is 268. The van der Waals surface area contributed by atoms with Gasteiger partial charge in [0, 0.05) is 5.70 Å². The second-order valence-electron chi connectivity index (χ2n) is 3.50. The van der Waals surface area contributed by atoms with Crippen LogP contribution < -0.4 is 5.73 Å². The van der Waals surface area contributed by atoms with Crippen molar-refractivity contribution in [2.24, 2.45) is 5.73 Å². The SMILES string of the molecule is CS/C=C/C=C(\N)CCC(C)(F)C(F)(F)F. The zero-order valence-electron chi connectivity index (χ0n) is 9.14. The van der Waals surface area contributed by atoms with Gasteiger partial charge < -0.3 is 5.73 Å². The van der Waals surface area contributed by atoms with Gasteiger partial charge in [0.05, 0.1) is 0 Å². The Morgan fingerprint density at radius 1 is 1.31 bits per heavy atom. The van der Waals surface area contributed by atoms with Crippen LogP contribution in [0.25, 0.3) is 0 Å². The van der Waals surface area contributed by atoms with Crippen molar-refractivity contribution >= 4 is 11.8 Å². The van der Waals surface area contributed by atoms with Crippen molar-refractivity contribution in [2.75, 3.05) is 6.26 Å². The lowest BCUT2D eigenvalue weighted by Gasteiger charge is -2.23. The van der Waals surface area contributed by atoms with Crippen molar-refractivity contribution in [1.29, 1.82) is 0 Å². The van der Waals surface area contributed by atoms with Crippen LogP contribution in [0.2, 0.25) is 0 Å². The summed E-state index contributed by atoms with van der Waals surface area (Å²) in [7, 11) is 0. The standard InChI is InChI=1S/C10H15F4NS/c1-9(11,10(12,13)14)6-5-8(15)4-3-7-16-2/h3-4,7H,5-6,15H2,1-2H3/b7-3+,8-4-. The second kappa shape index (κ2) is 6.18. The Morgan fingerprint density at radius 3 is 2.31 bits per heavy atom. The zero-order chi connectivity index (χ0) is 12.8. The lowest BCUT2D eigenvalue weighted by molar-refractivity contribution is -0.225. The fourth-order valence-electron chi connectivity index (χ4n) is 0.846. The molecule has 0 aliphatic carbocycles. The quantitative estimate of drug-likeness (QED) is 0.599. The summed E-state index contributed by atoms with van der Waals surface area (Å²) in [6.45, 7) is 0.526. The Kier molecular flexibility index (Phi) is 5.92. The minimum atomic E-state index is -4.84. The molecule has 0 saturated heterocycles. The highest BCUT2D eigenvalue weighted by molar-refractivity contribution is 8.01. The Labute approximate surface area is 96.8 Å². The lowest BCUT2D eigenvalue weighted by atomic mass is 10.0. The van der Waals surface area contributed by atoms with Gasteiger partial charge in [-0.15, -0.1) is 11.8 Å². The van der Waals surface area contributed by atoms with E-state index >= 15 is 0 Å². The van der Waals surface area contributed by atoms with Crippen molar-refractivity contribution in [2.45, 2.75) is 31.6 Å². The van der Waals surface area contributed by atoms with E-state index in [4.69, 9.17) is 5.73 Å². The molecule has 16 heavy (non-hydrogen) atoms. The lowest BCUT2D eigenvalue weighted by Crippen LogP contribution is -2.37. The third kappa shape index (κ3) is 5.44. The molecule has 0 heterocycles. The van der Waals surface area contributed by atoms with Gasteiger partial charge in [-0.1, -0.05) is 6.08 Å². The Balaban J connectivity index is 4.25. The molecule has 0 aliphatic heterocycles. The molecule has 0 saturated carbocycles. The summed E-state index contributed by atoms with van der Waals surface area (Å²) < 4.78 is 49.5. The highest BCUT2D eigenvalue weighted by Gasteiger charge is 2.51. The number of halogens is 4. The third-order valence-electron chi connectivity index (χ3n) is 2.00. The van der Waals surface area contributed by atoms with E-state index in [2.05, 4.69) is 0 Å². The van der Waals surface area contributed by atoms with Gasteiger partial charge in [0.2, 0.25) is 5.67 Å². The fourth-order valence-corrected chi connectivity index (χ4v) is 1.08. The van der Waals surface area contributed by atoms with Gasteiger partial charge in [-0.05, 0) is 37.5 Å². The van der Waals surface area contributed by atoms with E-state index in [0.29, 0.717) is 6.92 Å². The topological polar surface area (TPSA) is 26.0 Å². The van der Waals surface area contributed by atoms with Crippen molar-refractivity contribution < 1.29 is 17.6 Å². The van der Waals surface area contributed by atoms with Crippen LogP contribution in [0.1, 0.15) is 19.8 Å². The minimum Gasteiger partial charge on any atom is -0.402 e. The van der Waals surface area contributed by atoms with Crippen LogP contribution in [-0.4, -0.2) is 18.1 Å². The molecule has 0 aromatic carbocycles. The number of hydrogen-bond acceptors (Lipinski definition) is 2. The third-order valence-corrected chi connectivity index (χ3v) is 2.43. The molecule has 0 fully saturated rings. The number of thioether (sulfide) groups is 1. The summed E-state index contributed by atoms with van der Waals surface area (Å²) in [4.78, 5) is 0. The maximum Gasteiger partial charge on any atom is 0.422 e. The van der Waals surface area contributed by atoms with Crippen molar-refractivity contribution in [3.63, 3.8) is 0 Å².